The number of allylic oxidation sites excluding steroid dienone is 2. The van der Waals surface area contributed by atoms with E-state index < -0.39 is 46.8 Å². The Morgan fingerprint density at radius 3 is 2.54 bits per heavy atom. The highest BCUT2D eigenvalue weighted by Gasteiger charge is 2.53. The van der Waals surface area contributed by atoms with Crippen LogP contribution in [0.1, 0.15) is 34.1 Å². The number of rotatable bonds is 6. The highest BCUT2D eigenvalue weighted by Crippen LogP contribution is 2.39. The fourth-order valence-corrected chi connectivity index (χ4v) is 4.91. The normalized spacial score (nSPS) is 21.1. The molecule has 1 aliphatic carbocycles. The molecule has 0 aromatic heterocycles. The largest absolute Gasteiger partial charge is 0.292 e. The molecule has 2 aliphatic rings. The number of hydrogen-bond donors (Lipinski definition) is 0. The van der Waals surface area contributed by atoms with Gasteiger partial charge in [-0.15, -0.1) is 0 Å². The van der Waals surface area contributed by atoms with Crippen LogP contribution in [0.15, 0.2) is 54.6 Å². The SMILES string of the molecule is C[C@@H]1C=CC[C@H]2C(=O)N(N(CC(=O)c3cccc([N+](=O)[O-])c3)C(=O)c3ccc(Cl)cc3Cl)C(=O)[C@@H]12. The van der Waals surface area contributed by atoms with E-state index in [9.17, 15) is 29.3 Å². The lowest BCUT2D eigenvalue weighted by atomic mass is 9.78. The molecular weight excluding hydrogens is 497 g/mol. The Balaban J connectivity index is 1.74. The van der Waals surface area contributed by atoms with E-state index in [1.807, 2.05) is 12.2 Å². The van der Waals surface area contributed by atoms with Crippen LogP contribution in [0.2, 0.25) is 10.0 Å². The van der Waals surface area contributed by atoms with E-state index in [1.54, 1.807) is 6.92 Å². The summed E-state index contributed by atoms with van der Waals surface area (Å²) in [4.78, 5) is 63.8. The molecule has 0 spiro atoms. The monoisotopic (exact) mass is 515 g/mol. The average Bonchev–Trinajstić information content (AvgIpc) is 3.08. The van der Waals surface area contributed by atoms with Crippen LogP contribution in [0.3, 0.4) is 0 Å². The van der Waals surface area contributed by atoms with Crippen molar-refractivity contribution in [2.75, 3.05) is 6.54 Å². The predicted octanol–water partition coefficient (Wildman–Crippen LogP) is 4.34. The molecule has 3 amide bonds. The van der Waals surface area contributed by atoms with E-state index >= 15 is 0 Å². The number of non-ortho nitro benzene ring substituents is 1. The zero-order valence-corrected chi connectivity index (χ0v) is 19.9. The summed E-state index contributed by atoms with van der Waals surface area (Å²) in [6, 6.07) is 9.06. The minimum absolute atomic E-state index is 0.0261. The van der Waals surface area contributed by atoms with Crippen molar-refractivity contribution in [1.29, 1.82) is 0 Å². The maximum absolute atomic E-state index is 13.6. The van der Waals surface area contributed by atoms with Crippen LogP contribution in [0.4, 0.5) is 5.69 Å². The van der Waals surface area contributed by atoms with Crippen LogP contribution in [0, 0.1) is 27.9 Å². The summed E-state index contributed by atoms with van der Waals surface area (Å²) < 4.78 is 0. The van der Waals surface area contributed by atoms with Gasteiger partial charge in [0.2, 0.25) is 0 Å². The van der Waals surface area contributed by atoms with E-state index in [4.69, 9.17) is 23.2 Å². The van der Waals surface area contributed by atoms with Crippen LogP contribution >= 0.6 is 23.2 Å². The van der Waals surface area contributed by atoms with Gasteiger partial charge in [-0.2, -0.15) is 5.01 Å². The third kappa shape index (κ3) is 4.56. The first-order chi connectivity index (χ1) is 16.6. The molecule has 0 unspecified atom stereocenters. The van der Waals surface area contributed by atoms with Gasteiger partial charge in [0.05, 0.1) is 27.3 Å². The first-order valence-electron chi connectivity index (χ1n) is 10.7. The van der Waals surface area contributed by atoms with Gasteiger partial charge in [0, 0.05) is 22.7 Å². The van der Waals surface area contributed by atoms with Crippen molar-refractivity contribution in [3.05, 3.63) is 85.9 Å². The number of ketones is 1. The van der Waals surface area contributed by atoms with E-state index in [2.05, 4.69) is 0 Å². The van der Waals surface area contributed by atoms with Crippen molar-refractivity contribution < 1.29 is 24.1 Å². The summed E-state index contributed by atoms with van der Waals surface area (Å²) in [7, 11) is 0. The lowest BCUT2D eigenvalue weighted by Gasteiger charge is -2.30. The van der Waals surface area contributed by atoms with E-state index in [1.165, 1.54) is 36.4 Å². The maximum atomic E-state index is 13.6. The molecule has 9 nitrogen and oxygen atoms in total. The molecule has 2 aromatic carbocycles. The number of nitro groups is 1. The summed E-state index contributed by atoms with van der Waals surface area (Å²) in [6.07, 6.45) is 3.99. The van der Waals surface area contributed by atoms with Gasteiger partial charge >= 0.3 is 0 Å². The number of carbonyl (C=O) groups excluding carboxylic acids is 4. The Hall–Kier alpha value is -3.56. The lowest BCUT2D eigenvalue weighted by Crippen LogP contribution is -2.52. The van der Waals surface area contributed by atoms with Crippen LogP contribution in [0.5, 0.6) is 0 Å². The van der Waals surface area contributed by atoms with Crippen LogP contribution in [0.25, 0.3) is 0 Å². The number of halogens is 2. The third-order valence-electron chi connectivity index (χ3n) is 6.16. The van der Waals surface area contributed by atoms with Gasteiger partial charge < -0.3 is 0 Å². The zero-order valence-electron chi connectivity index (χ0n) is 18.4. The van der Waals surface area contributed by atoms with Gasteiger partial charge in [-0.05, 0) is 30.5 Å². The summed E-state index contributed by atoms with van der Waals surface area (Å²) in [5.41, 5.74) is -0.427. The molecule has 35 heavy (non-hydrogen) atoms. The number of hydrazine groups is 1. The molecular formula is C24H19Cl2N3O6. The Morgan fingerprint density at radius 1 is 1.14 bits per heavy atom. The Labute approximate surface area is 210 Å². The number of nitrogens with zero attached hydrogens (tertiary/aromatic N) is 3. The van der Waals surface area contributed by atoms with Crippen molar-refractivity contribution in [1.82, 2.24) is 10.0 Å². The number of imide groups is 1. The Kier molecular flexibility index (Phi) is 6.73. The van der Waals surface area contributed by atoms with Gasteiger partial charge in [-0.25, -0.2) is 5.01 Å². The number of hydrogen-bond acceptors (Lipinski definition) is 6. The second-order valence-electron chi connectivity index (χ2n) is 8.36. The molecule has 11 heteroatoms. The number of Topliss-reactive ketones (excluding diaryl/α,β-unsaturated/α-hetero) is 1. The molecule has 1 aliphatic heterocycles. The summed E-state index contributed by atoms with van der Waals surface area (Å²) in [5, 5.41) is 12.9. The quantitative estimate of drug-likeness (QED) is 0.185. The molecule has 2 aromatic rings. The maximum Gasteiger partial charge on any atom is 0.274 e. The average molecular weight is 516 g/mol. The fraction of sp³-hybridized carbons (Fsp3) is 0.250. The number of fused-ring (bicyclic) bond motifs is 1. The molecule has 1 heterocycles. The highest BCUT2D eigenvalue weighted by molar-refractivity contribution is 6.36. The van der Waals surface area contributed by atoms with Gasteiger partial charge in [0.1, 0.15) is 6.54 Å². The molecule has 0 saturated carbocycles. The van der Waals surface area contributed by atoms with Gasteiger partial charge in [0.15, 0.2) is 5.78 Å². The summed E-state index contributed by atoms with van der Waals surface area (Å²) in [5.74, 6) is -4.31. The molecule has 1 fully saturated rings. The first-order valence-corrected chi connectivity index (χ1v) is 11.4. The second-order valence-corrected chi connectivity index (χ2v) is 9.20. The second kappa shape index (κ2) is 9.59. The van der Waals surface area contributed by atoms with E-state index in [-0.39, 0.29) is 32.8 Å². The minimum Gasteiger partial charge on any atom is -0.292 e. The van der Waals surface area contributed by atoms with Crippen molar-refractivity contribution in [3.8, 4) is 0 Å². The number of carbonyl (C=O) groups is 4. The number of nitro benzene ring substituents is 1. The Bertz CT molecular complexity index is 1290. The van der Waals surface area contributed by atoms with Crippen LogP contribution in [-0.4, -0.2) is 45.0 Å². The van der Waals surface area contributed by atoms with E-state index in [0.29, 0.717) is 6.42 Å². The molecule has 0 N–H and O–H groups in total. The molecule has 180 valence electrons. The minimum atomic E-state index is -0.855. The van der Waals surface area contributed by atoms with Gasteiger partial charge in [-0.1, -0.05) is 54.4 Å². The molecule has 0 radical (unpaired) electrons. The summed E-state index contributed by atoms with van der Waals surface area (Å²) in [6.45, 7) is 1.09. The fourth-order valence-electron chi connectivity index (χ4n) is 4.42. The standard InChI is InChI=1S/C24H19Cl2N3O6/c1-13-4-2-7-18-21(13)24(33)28(23(18)32)27(22(31)17-9-8-15(25)11-19(17)26)12-20(30)14-5-3-6-16(10-14)29(34)35/h2-6,8-11,13,18,21H,7,12H2,1H3/t13-,18-,21+/m1/s1. The van der Waals surface area contributed by atoms with Crippen molar-refractivity contribution in [2.45, 2.75) is 13.3 Å². The molecule has 3 atom stereocenters. The van der Waals surface area contributed by atoms with Gasteiger partial charge in [0.25, 0.3) is 23.4 Å². The van der Waals surface area contributed by atoms with Crippen LogP contribution in [-0.2, 0) is 9.59 Å². The zero-order chi connectivity index (χ0) is 25.4. The highest BCUT2D eigenvalue weighted by atomic mass is 35.5. The summed E-state index contributed by atoms with van der Waals surface area (Å²) >= 11 is 12.1. The molecule has 0 bridgehead atoms. The Morgan fingerprint density at radius 2 is 1.89 bits per heavy atom. The number of benzene rings is 2. The first kappa shape index (κ1) is 24.6. The smallest absolute Gasteiger partial charge is 0.274 e. The topological polar surface area (TPSA) is 118 Å². The van der Waals surface area contributed by atoms with Gasteiger partial charge in [-0.3, -0.25) is 29.3 Å². The van der Waals surface area contributed by atoms with Crippen molar-refractivity contribution >= 4 is 52.4 Å². The molecule has 4 rings (SSSR count). The molecule has 1 saturated heterocycles. The van der Waals surface area contributed by atoms with E-state index in [0.717, 1.165) is 16.1 Å². The lowest BCUT2D eigenvalue weighted by molar-refractivity contribution is -0.384. The third-order valence-corrected chi connectivity index (χ3v) is 6.71. The number of amides is 3. The van der Waals surface area contributed by atoms with Crippen LogP contribution < -0.4 is 0 Å². The predicted molar refractivity (Wildman–Crippen MR) is 127 cm³/mol. The van der Waals surface area contributed by atoms with Crippen molar-refractivity contribution in [3.63, 3.8) is 0 Å². The van der Waals surface area contributed by atoms with Crippen molar-refractivity contribution in [2.24, 2.45) is 17.8 Å².